The van der Waals surface area contributed by atoms with Crippen LogP contribution in [0.15, 0.2) is 0 Å². The lowest BCUT2D eigenvalue weighted by molar-refractivity contribution is -0.306. The molecule has 0 aromatic rings. The SMILES string of the molecule is OC(O)NCCN(O)O. The van der Waals surface area contributed by atoms with Crippen molar-refractivity contribution in [3.8, 4) is 0 Å². The average Bonchev–Trinajstić information content (AvgIpc) is 1.63. The fraction of sp³-hybridized carbons (Fsp3) is 1.00. The largest absolute Gasteiger partial charge is 0.356 e. The molecule has 0 aliphatic heterocycles. The first-order valence-electron chi connectivity index (χ1n) is 2.37. The molecule has 0 aromatic heterocycles. The van der Waals surface area contributed by atoms with Crippen LogP contribution in [0, 0.1) is 0 Å². The number of aliphatic hydroxyl groups excluding tert-OH is 1. The van der Waals surface area contributed by atoms with Gasteiger partial charge in [-0.05, 0) is 0 Å². The van der Waals surface area contributed by atoms with Crippen LogP contribution in [0.2, 0.25) is 0 Å². The molecule has 9 heavy (non-hydrogen) atoms. The number of nitrogens with one attached hydrogen (secondary N) is 1. The number of nitrogens with zero attached hydrogens (tertiary/aromatic N) is 1. The summed E-state index contributed by atoms with van der Waals surface area (Å²) in [5, 5.41) is 34.4. The molecule has 0 atom stereocenters. The summed E-state index contributed by atoms with van der Waals surface area (Å²) in [6.45, 7) is 0.00227. The standard InChI is InChI=1S/C3H10N2O4/c6-3(7)4-1-2-5(8)9/h3-4,6-9H,1-2H2. The minimum absolute atomic E-state index is 0.0462. The zero-order valence-electron chi connectivity index (χ0n) is 4.73. The van der Waals surface area contributed by atoms with Crippen molar-refractivity contribution in [2.45, 2.75) is 6.41 Å². The van der Waals surface area contributed by atoms with Crippen molar-refractivity contribution < 1.29 is 20.6 Å². The third-order valence-corrected chi connectivity index (χ3v) is 0.639. The third kappa shape index (κ3) is 7.76. The van der Waals surface area contributed by atoms with Gasteiger partial charge in [0.15, 0.2) is 0 Å². The zero-order valence-corrected chi connectivity index (χ0v) is 4.73. The summed E-state index contributed by atoms with van der Waals surface area (Å²) in [5.41, 5.74) is 0. The van der Waals surface area contributed by atoms with Gasteiger partial charge < -0.3 is 10.2 Å². The molecule has 0 spiro atoms. The Labute approximate surface area is 51.9 Å². The molecular formula is C3H10N2O4. The highest BCUT2D eigenvalue weighted by Gasteiger charge is 1.96. The van der Waals surface area contributed by atoms with Crippen LogP contribution in [0.4, 0.5) is 0 Å². The zero-order chi connectivity index (χ0) is 7.28. The first kappa shape index (κ1) is 8.76. The van der Waals surface area contributed by atoms with Crippen LogP contribution in [-0.4, -0.2) is 45.4 Å². The Morgan fingerprint density at radius 2 is 1.89 bits per heavy atom. The highest BCUT2D eigenvalue weighted by molar-refractivity contribution is 4.40. The van der Waals surface area contributed by atoms with Crippen LogP contribution in [0.5, 0.6) is 0 Å². The molecule has 0 saturated carbocycles. The number of hydroxylamine groups is 2. The van der Waals surface area contributed by atoms with Crippen LogP contribution < -0.4 is 5.32 Å². The summed E-state index contributed by atoms with van der Waals surface area (Å²) in [6, 6.07) is 0. The normalized spacial score (nSPS) is 11.3. The van der Waals surface area contributed by atoms with Gasteiger partial charge in [-0.1, -0.05) is 5.23 Å². The molecule has 0 rings (SSSR count). The van der Waals surface area contributed by atoms with E-state index in [1.54, 1.807) is 0 Å². The third-order valence-electron chi connectivity index (χ3n) is 0.639. The Bertz CT molecular complexity index is 58.8. The van der Waals surface area contributed by atoms with E-state index in [9.17, 15) is 0 Å². The second kappa shape index (κ2) is 4.62. The van der Waals surface area contributed by atoms with E-state index >= 15 is 0 Å². The fourth-order valence-electron chi connectivity index (χ4n) is 0.294. The molecule has 0 radical (unpaired) electrons. The highest BCUT2D eigenvalue weighted by atomic mass is 16.8. The van der Waals surface area contributed by atoms with Crippen molar-refractivity contribution in [1.29, 1.82) is 0 Å². The minimum Gasteiger partial charge on any atom is -0.356 e. The number of hydrogen-bond acceptors (Lipinski definition) is 6. The van der Waals surface area contributed by atoms with Gasteiger partial charge in [0.1, 0.15) is 0 Å². The molecule has 0 amide bonds. The molecule has 0 aromatic carbocycles. The van der Waals surface area contributed by atoms with Gasteiger partial charge in [-0.25, -0.2) is 0 Å². The molecule has 5 N–H and O–H groups in total. The molecule has 0 fully saturated rings. The van der Waals surface area contributed by atoms with Crippen LogP contribution in [-0.2, 0) is 0 Å². The Hall–Kier alpha value is -0.240. The lowest BCUT2D eigenvalue weighted by atomic mass is 10.6. The van der Waals surface area contributed by atoms with Gasteiger partial charge in [-0.2, -0.15) is 0 Å². The van der Waals surface area contributed by atoms with Crippen molar-refractivity contribution >= 4 is 0 Å². The maximum atomic E-state index is 8.13. The molecule has 6 heteroatoms. The maximum absolute atomic E-state index is 8.13. The van der Waals surface area contributed by atoms with Gasteiger partial charge >= 0.3 is 0 Å². The summed E-state index contributed by atoms with van der Waals surface area (Å²) in [4.78, 5) is 0. The van der Waals surface area contributed by atoms with Crippen LogP contribution >= 0.6 is 0 Å². The number of aliphatic hydroxyl groups is 2. The summed E-state index contributed by atoms with van der Waals surface area (Å²) < 4.78 is 0. The van der Waals surface area contributed by atoms with E-state index in [4.69, 9.17) is 20.6 Å². The van der Waals surface area contributed by atoms with E-state index in [1.165, 1.54) is 0 Å². The van der Waals surface area contributed by atoms with Crippen molar-refractivity contribution in [1.82, 2.24) is 10.5 Å². The Balaban J connectivity index is 2.91. The lowest BCUT2D eigenvalue weighted by Crippen LogP contribution is -2.34. The first-order chi connectivity index (χ1) is 4.13. The predicted molar refractivity (Wildman–Crippen MR) is 26.5 cm³/mol. The van der Waals surface area contributed by atoms with Crippen LogP contribution in [0.25, 0.3) is 0 Å². The molecule has 0 heterocycles. The molecule has 56 valence electrons. The fourth-order valence-corrected chi connectivity index (χ4v) is 0.294. The lowest BCUT2D eigenvalue weighted by Gasteiger charge is -2.07. The monoisotopic (exact) mass is 138 g/mol. The molecule has 0 saturated heterocycles. The number of hydrogen-bond donors (Lipinski definition) is 5. The Morgan fingerprint density at radius 1 is 1.33 bits per heavy atom. The van der Waals surface area contributed by atoms with Crippen molar-refractivity contribution in [3.05, 3.63) is 0 Å². The van der Waals surface area contributed by atoms with Gasteiger partial charge in [0.25, 0.3) is 0 Å². The number of rotatable bonds is 4. The van der Waals surface area contributed by atoms with E-state index in [1.807, 2.05) is 0 Å². The van der Waals surface area contributed by atoms with Crippen LogP contribution in [0.3, 0.4) is 0 Å². The van der Waals surface area contributed by atoms with E-state index in [0.717, 1.165) is 0 Å². The van der Waals surface area contributed by atoms with Gasteiger partial charge in [-0.3, -0.25) is 15.7 Å². The summed E-state index contributed by atoms with van der Waals surface area (Å²) in [6.07, 6.45) is -1.61. The Morgan fingerprint density at radius 3 is 2.22 bits per heavy atom. The average molecular weight is 138 g/mol. The maximum Gasteiger partial charge on any atom is 0.211 e. The molecule has 0 unspecified atom stereocenters. The van der Waals surface area contributed by atoms with E-state index < -0.39 is 6.41 Å². The van der Waals surface area contributed by atoms with Crippen molar-refractivity contribution in [2.75, 3.05) is 13.1 Å². The van der Waals surface area contributed by atoms with Gasteiger partial charge in [-0.15, -0.1) is 0 Å². The van der Waals surface area contributed by atoms with Crippen LogP contribution in [0.1, 0.15) is 0 Å². The van der Waals surface area contributed by atoms with E-state index in [0.29, 0.717) is 0 Å². The quantitative estimate of drug-likeness (QED) is 0.226. The van der Waals surface area contributed by atoms with Gasteiger partial charge in [0.05, 0.1) is 6.54 Å². The van der Waals surface area contributed by atoms with Gasteiger partial charge in [0.2, 0.25) is 6.41 Å². The van der Waals surface area contributed by atoms with Crippen molar-refractivity contribution in [3.63, 3.8) is 0 Å². The topological polar surface area (TPSA) is 96.2 Å². The second-order valence-corrected chi connectivity index (χ2v) is 1.42. The van der Waals surface area contributed by atoms with E-state index in [2.05, 4.69) is 5.32 Å². The van der Waals surface area contributed by atoms with Crippen molar-refractivity contribution in [2.24, 2.45) is 0 Å². The molecule has 0 aliphatic carbocycles. The Kier molecular flexibility index (Phi) is 4.50. The summed E-state index contributed by atoms with van der Waals surface area (Å²) >= 11 is 0. The molecule has 0 bridgehead atoms. The molecule has 0 aliphatic rings. The first-order valence-corrected chi connectivity index (χ1v) is 2.37. The molecular weight excluding hydrogens is 128 g/mol. The predicted octanol–water partition coefficient (Wildman–Crippen LogP) is -2.08. The molecule has 6 nitrogen and oxygen atoms in total. The van der Waals surface area contributed by atoms with E-state index in [-0.39, 0.29) is 18.3 Å². The smallest absolute Gasteiger partial charge is 0.211 e. The highest BCUT2D eigenvalue weighted by Crippen LogP contribution is 1.70. The summed E-state index contributed by atoms with van der Waals surface area (Å²) in [7, 11) is 0. The van der Waals surface area contributed by atoms with Gasteiger partial charge in [0, 0.05) is 6.54 Å². The second-order valence-electron chi connectivity index (χ2n) is 1.42. The summed E-state index contributed by atoms with van der Waals surface area (Å²) in [5.74, 6) is 0. The minimum atomic E-state index is -1.61.